The first-order chi connectivity index (χ1) is 9.52. The molecule has 5 heteroatoms. The predicted molar refractivity (Wildman–Crippen MR) is 73.5 cm³/mol. The maximum Gasteiger partial charge on any atom is 0.262 e. The fourth-order valence-corrected chi connectivity index (χ4v) is 1.91. The zero-order valence-corrected chi connectivity index (χ0v) is 10.9. The van der Waals surface area contributed by atoms with Crippen LogP contribution in [0.5, 0.6) is 11.5 Å². The van der Waals surface area contributed by atoms with E-state index in [1.54, 1.807) is 6.92 Å². The summed E-state index contributed by atoms with van der Waals surface area (Å²) >= 11 is 0. The van der Waals surface area contributed by atoms with Crippen LogP contribution in [0.25, 0.3) is 0 Å². The molecule has 0 radical (unpaired) electrons. The average Bonchev–Trinajstić information content (AvgIpc) is 2.44. The Labute approximate surface area is 115 Å². The highest BCUT2D eigenvalue weighted by molar-refractivity contribution is 6.08. The lowest BCUT2D eigenvalue weighted by molar-refractivity contribution is 0.0985. The van der Waals surface area contributed by atoms with Crippen LogP contribution >= 0.6 is 0 Å². The minimum atomic E-state index is -0.465. The Kier molecular flexibility index (Phi) is 3.89. The van der Waals surface area contributed by atoms with Crippen molar-refractivity contribution >= 4 is 11.6 Å². The first-order valence-corrected chi connectivity index (χ1v) is 6.12. The molecule has 0 heterocycles. The van der Waals surface area contributed by atoms with Gasteiger partial charge in [0.2, 0.25) is 0 Å². The highest BCUT2D eigenvalue weighted by Gasteiger charge is 2.19. The Morgan fingerprint density at radius 3 is 2.40 bits per heavy atom. The lowest BCUT2D eigenvalue weighted by Gasteiger charge is -2.21. The van der Waals surface area contributed by atoms with Gasteiger partial charge in [-0.1, -0.05) is 0 Å². The van der Waals surface area contributed by atoms with E-state index in [4.69, 9.17) is 0 Å². The molecule has 0 fully saturated rings. The molecule has 0 aliphatic rings. The highest BCUT2D eigenvalue weighted by atomic mass is 19.1. The number of nitrogens with zero attached hydrogens (tertiary/aromatic N) is 1. The van der Waals surface area contributed by atoms with E-state index in [9.17, 15) is 19.4 Å². The van der Waals surface area contributed by atoms with Gasteiger partial charge in [-0.05, 0) is 49.4 Å². The third-order valence-corrected chi connectivity index (χ3v) is 2.91. The second-order valence-corrected chi connectivity index (χ2v) is 4.23. The van der Waals surface area contributed by atoms with Gasteiger partial charge in [0.25, 0.3) is 5.91 Å². The van der Waals surface area contributed by atoms with Crippen LogP contribution < -0.4 is 4.90 Å². The van der Waals surface area contributed by atoms with Crippen LogP contribution in [-0.4, -0.2) is 22.7 Å². The summed E-state index contributed by atoms with van der Waals surface area (Å²) in [6.07, 6.45) is 0. The Bertz CT molecular complexity index is 626. The molecule has 1 amide bonds. The maximum atomic E-state index is 12.9. The smallest absolute Gasteiger partial charge is 0.262 e. The van der Waals surface area contributed by atoms with Crippen molar-refractivity contribution in [3.05, 3.63) is 53.8 Å². The van der Waals surface area contributed by atoms with E-state index < -0.39 is 11.7 Å². The molecular formula is C15H14FNO3. The summed E-state index contributed by atoms with van der Waals surface area (Å²) in [6, 6.07) is 9.22. The number of rotatable bonds is 3. The predicted octanol–water partition coefficient (Wildman–Crippen LogP) is 2.90. The molecule has 0 aliphatic heterocycles. The molecule has 0 unspecified atom stereocenters. The Balaban J connectivity index is 2.38. The SMILES string of the molecule is CCN(C(=O)c1cc(O)ccc1O)c1ccc(F)cc1. The van der Waals surface area contributed by atoms with E-state index in [1.165, 1.54) is 47.4 Å². The van der Waals surface area contributed by atoms with Crippen molar-refractivity contribution in [2.45, 2.75) is 6.92 Å². The number of anilines is 1. The van der Waals surface area contributed by atoms with Gasteiger partial charge in [0.05, 0.1) is 5.56 Å². The van der Waals surface area contributed by atoms with Crippen molar-refractivity contribution in [2.24, 2.45) is 0 Å². The van der Waals surface area contributed by atoms with Gasteiger partial charge in [-0.2, -0.15) is 0 Å². The van der Waals surface area contributed by atoms with Gasteiger partial charge in [-0.3, -0.25) is 4.79 Å². The summed E-state index contributed by atoms with van der Waals surface area (Å²) in [4.78, 5) is 13.8. The number of carbonyl (C=O) groups excluding carboxylic acids is 1. The molecule has 0 aromatic heterocycles. The molecular weight excluding hydrogens is 261 g/mol. The topological polar surface area (TPSA) is 60.8 Å². The van der Waals surface area contributed by atoms with Gasteiger partial charge in [0, 0.05) is 12.2 Å². The second kappa shape index (κ2) is 5.61. The van der Waals surface area contributed by atoms with Crippen LogP contribution in [0.4, 0.5) is 10.1 Å². The number of hydrogen-bond acceptors (Lipinski definition) is 3. The van der Waals surface area contributed by atoms with Crippen LogP contribution in [0, 0.1) is 5.82 Å². The van der Waals surface area contributed by atoms with E-state index in [-0.39, 0.29) is 17.1 Å². The van der Waals surface area contributed by atoms with Crippen molar-refractivity contribution in [1.82, 2.24) is 0 Å². The molecule has 0 aliphatic carbocycles. The van der Waals surface area contributed by atoms with Gasteiger partial charge < -0.3 is 15.1 Å². The molecule has 2 N–H and O–H groups in total. The van der Waals surface area contributed by atoms with Crippen molar-refractivity contribution in [3.63, 3.8) is 0 Å². The highest BCUT2D eigenvalue weighted by Crippen LogP contribution is 2.26. The molecule has 0 spiro atoms. The number of phenolic OH excluding ortho intramolecular Hbond substituents is 2. The maximum absolute atomic E-state index is 12.9. The fraction of sp³-hybridized carbons (Fsp3) is 0.133. The summed E-state index contributed by atoms with van der Waals surface area (Å²) in [5.41, 5.74) is 0.512. The zero-order chi connectivity index (χ0) is 14.7. The Morgan fingerprint density at radius 2 is 1.80 bits per heavy atom. The monoisotopic (exact) mass is 275 g/mol. The third kappa shape index (κ3) is 2.71. The number of halogens is 1. The molecule has 0 saturated carbocycles. The van der Waals surface area contributed by atoms with Crippen LogP contribution in [-0.2, 0) is 0 Å². The lowest BCUT2D eigenvalue weighted by Crippen LogP contribution is -2.30. The van der Waals surface area contributed by atoms with Crippen molar-refractivity contribution in [1.29, 1.82) is 0 Å². The number of hydrogen-bond donors (Lipinski definition) is 2. The average molecular weight is 275 g/mol. The molecule has 2 aromatic carbocycles. The van der Waals surface area contributed by atoms with E-state index in [2.05, 4.69) is 0 Å². The first kappa shape index (κ1) is 13.9. The van der Waals surface area contributed by atoms with Gasteiger partial charge in [-0.25, -0.2) is 4.39 Å². The molecule has 0 atom stereocenters. The number of aromatic hydroxyl groups is 2. The third-order valence-electron chi connectivity index (χ3n) is 2.91. The molecule has 20 heavy (non-hydrogen) atoms. The van der Waals surface area contributed by atoms with Gasteiger partial charge in [0.1, 0.15) is 17.3 Å². The molecule has 2 rings (SSSR count). The van der Waals surface area contributed by atoms with Gasteiger partial charge >= 0.3 is 0 Å². The summed E-state index contributed by atoms with van der Waals surface area (Å²) < 4.78 is 12.9. The summed E-state index contributed by atoms with van der Waals surface area (Å²) in [6.45, 7) is 2.11. The molecule has 0 bridgehead atoms. The normalized spacial score (nSPS) is 10.3. The van der Waals surface area contributed by atoms with E-state index in [1.807, 2.05) is 0 Å². The summed E-state index contributed by atoms with van der Waals surface area (Å²) in [7, 11) is 0. The zero-order valence-electron chi connectivity index (χ0n) is 10.9. The Hall–Kier alpha value is -2.56. The summed E-state index contributed by atoms with van der Waals surface area (Å²) in [5.74, 6) is -1.18. The van der Waals surface area contributed by atoms with Crippen molar-refractivity contribution in [3.8, 4) is 11.5 Å². The van der Waals surface area contributed by atoms with E-state index in [0.29, 0.717) is 12.2 Å². The van der Waals surface area contributed by atoms with Crippen LogP contribution in [0.1, 0.15) is 17.3 Å². The lowest BCUT2D eigenvalue weighted by atomic mass is 10.1. The van der Waals surface area contributed by atoms with Crippen LogP contribution in [0.15, 0.2) is 42.5 Å². The van der Waals surface area contributed by atoms with Crippen LogP contribution in [0.2, 0.25) is 0 Å². The largest absolute Gasteiger partial charge is 0.508 e. The minimum Gasteiger partial charge on any atom is -0.508 e. The second-order valence-electron chi connectivity index (χ2n) is 4.23. The minimum absolute atomic E-state index is 0.00354. The number of benzene rings is 2. The van der Waals surface area contributed by atoms with E-state index in [0.717, 1.165) is 0 Å². The quantitative estimate of drug-likeness (QED) is 0.847. The first-order valence-electron chi connectivity index (χ1n) is 6.12. The fourth-order valence-electron chi connectivity index (χ4n) is 1.91. The standard InChI is InChI=1S/C15H14FNO3/c1-2-17(11-5-3-10(16)4-6-11)15(20)13-9-12(18)7-8-14(13)19/h3-9,18-19H,2H2,1H3. The van der Waals surface area contributed by atoms with Crippen molar-refractivity contribution < 1.29 is 19.4 Å². The van der Waals surface area contributed by atoms with E-state index >= 15 is 0 Å². The molecule has 0 saturated heterocycles. The van der Waals surface area contributed by atoms with Gasteiger partial charge in [0.15, 0.2) is 0 Å². The van der Waals surface area contributed by atoms with Crippen LogP contribution in [0.3, 0.4) is 0 Å². The number of carbonyl (C=O) groups is 1. The molecule has 4 nitrogen and oxygen atoms in total. The van der Waals surface area contributed by atoms with Crippen molar-refractivity contribution in [2.75, 3.05) is 11.4 Å². The molecule has 2 aromatic rings. The summed E-state index contributed by atoms with van der Waals surface area (Å²) in [5, 5.41) is 19.1. The van der Waals surface area contributed by atoms with Gasteiger partial charge in [-0.15, -0.1) is 0 Å². The molecule has 104 valence electrons. The number of phenols is 2. The number of amides is 1. The Morgan fingerprint density at radius 1 is 1.15 bits per heavy atom.